The molecule has 22 heavy (non-hydrogen) atoms. The highest BCUT2D eigenvalue weighted by atomic mass is 32.2. The number of aromatic nitrogens is 4. The van der Waals surface area contributed by atoms with E-state index >= 15 is 0 Å². The molecule has 3 heterocycles. The van der Waals surface area contributed by atoms with Gasteiger partial charge in [0, 0.05) is 23.7 Å². The molecule has 0 spiro atoms. The number of hydrogen-bond acceptors (Lipinski definition) is 7. The van der Waals surface area contributed by atoms with Gasteiger partial charge >= 0.3 is 0 Å². The zero-order chi connectivity index (χ0) is 14.8. The molecule has 0 saturated carbocycles. The number of benzene rings is 1. The molecular weight excluding hydrogens is 316 g/mol. The van der Waals surface area contributed by atoms with Gasteiger partial charge in [-0.1, -0.05) is 17.8 Å². The number of pyridine rings is 1. The van der Waals surface area contributed by atoms with Gasteiger partial charge in [0.1, 0.15) is 0 Å². The third kappa shape index (κ3) is 2.72. The lowest BCUT2D eigenvalue weighted by atomic mass is 10.2. The number of rotatable bonds is 4. The molecule has 0 saturated heterocycles. The van der Waals surface area contributed by atoms with E-state index in [9.17, 15) is 0 Å². The molecule has 1 aromatic carbocycles. The number of fused-ring (bicyclic) bond motifs is 1. The number of nitrogens with zero attached hydrogens (tertiary/aromatic N) is 4. The van der Waals surface area contributed by atoms with E-state index in [4.69, 9.17) is 4.42 Å². The summed E-state index contributed by atoms with van der Waals surface area (Å²) < 4.78 is 6.86. The van der Waals surface area contributed by atoms with Crippen molar-refractivity contribution in [2.45, 2.75) is 11.0 Å². The predicted octanol–water partition coefficient (Wildman–Crippen LogP) is 4.03. The van der Waals surface area contributed by atoms with Crippen molar-refractivity contribution in [3.8, 4) is 11.5 Å². The minimum absolute atomic E-state index is 0.514. The molecular formula is C15H10N4OS2. The Labute approximate surface area is 134 Å². The fourth-order valence-electron chi connectivity index (χ4n) is 2.02. The molecule has 0 radical (unpaired) electrons. The van der Waals surface area contributed by atoms with Gasteiger partial charge in [-0.25, -0.2) is 4.98 Å². The lowest BCUT2D eigenvalue weighted by Crippen LogP contribution is -1.81. The number of thioether (sulfide) groups is 1. The summed E-state index contributed by atoms with van der Waals surface area (Å²) >= 11 is 3.17. The maximum absolute atomic E-state index is 5.66. The molecule has 5 nitrogen and oxygen atoms in total. The summed E-state index contributed by atoms with van der Waals surface area (Å²) in [5, 5.41) is 8.70. The molecule has 3 aromatic heterocycles. The average molecular weight is 326 g/mol. The van der Waals surface area contributed by atoms with Crippen molar-refractivity contribution in [3.05, 3.63) is 53.8 Å². The first-order chi connectivity index (χ1) is 10.9. The summed E-state index contributed by atoms with van der Waals surface area (Å²) in [5.41, 5.74) is 4.96. The van der Waals surface area contributed by atoms with E-state index < -0.39 is 0 Å². The molecule has 0 atom stereocenters. The third-order valence-corrected chi connectivity index (χ3v) is 4.79. The van der Waals surface area contributed by atoms with Gasteiger partial charge in [-0.15, -0.1) is 21.5 Å². The normalized spacial score (nSPS) is 11.1. The Bertz CT molecular complexity index is 904. The Kier molecular flexibility index (Phi) is 3.57. The maximum atomic E-state index is 5.66. The summed E-state index contributed by atoms with van der Waals surface area (Å²) in [6.07, 6.45) is 3.41. The van der Waals surface area contributed by atoms with Gasteiger partial charge in [0.05, 0.1) is 15.7 Å². The molecule has 0 fully saturated rings. The molecule has 4 aromatic rings. The van der Waals surface area contributed by atoms with Crippen molar-refractivity contribution >= 4 is 33.3 Å². The van der Waals surface area contributed by atoms with Crippen LogP contribution in [0, 0.1) is 0 Å². The quantitative estimate of drug-likeness (QED) is 0.527. The molecule has 4 rings (SSSR count). The van der Waals surface area contributed by atoms with Crippen LogP contribution < -0.4 is 0 Å². The van der Waals surface area contributed by atoms with Crippen molar-refractivity contribution in [1.29, 1.82) is 0 Å². The first-order valence-corrected chi connectivity index (χ1v) is 8.44. The topological polar surface area (TPSA) is 64.7 Å². The SMILES string of the molecule is c1cc(-c2nnc(SCc3ccc4scnc4c3)o2)ccn1. The molecule has 0 N–H and O–H groups in total. The molecule has 0 unspecified atom stereocenters. The van der Waals surface area contributed by atoms with E-state index in [-0.39, 0.29) is 0 Å². The summed E-state index contributed by atoms with van der Waals surface area (Å²) in [6, 6.07) is 9.99. The summed E-state index contributed by atoms with van der Waals surface area (Å²) in [5.74, 6) is 1.28. The minimum Gasteiger partial charge on any atom is -0.411 e. The van der Waals surface area contributed by atoms with Gasteiger partial charge in [-0.3, -0.25) is 4.98 Å². The Morgan fingerprint density at radius 2 is 2.00 bits per heavy atom. The van der Waals surface area contributed by atoms with Gasteiger partial charge in [-0.05, 0) is 29.8 Å². The van der Waals surface area contributed by atoms with E-state index in [0.717, 1.165) is 16.8 Å². The van der Waals surface area contributed by atoms with Crippen LogP contribution in [0.2, 0.25) is 0 Å². The maximum Gasteiger partial charge on any atom is 0.277 e. The van der Waals surface area contributed by atoms with Crippen LogP contribution in [0.5, 0.6) is 0 Å². The smallest absolute Gasteiger partial charge is 0.277 e. The fraction of sp³-hybridized carbons (Fsp3) is 0.0667. The van der Waals surface area contributed by atoms with Crippen LogP contribution in [-0.4, -0.2) is 20.2 Å². The number of thiazole rings is 1. The van der Waals surface area contributed by atoms with Crippen LogP contribution >= 0.6 is 23.1 Å². The zero-order valence-electron chi connectivity index (χ0n) is 11.3. The second-order valence-electron chi connectivity index (χ2n) is 4.55. The van der Waals surface area contributed by atoms with Crippen molar-refractivity contribution < 1.29 is 4.42 Å². The monoisotopic (exact) mass is 326 g/mol. The molecule has 0 aliphatic heterocycles. The van der Waals surface area contributed by atoms with Crippen molar-refractivity contribution in [2.24, 2.45) is 0 Å². The summed E-state index contributed by atoms with van der Waals surface area (Å²) in [7, 11) is 0. The molecule has 0 bridgehead atoms. The largest absolute Gasteiger partial charge is 0.411 e. The zero-order valence-corrected chi connectivity index (χ0v) is 13.0. The van der Waals surface area contributed by atoms with E-state index in [1.807, 2.05) is 17.6 Å². The highest BCUT2D eigenvalue weighted by Crippen LogP contribution is 2.27. The van der Waals surface area contributed by atoms with E-state index in [1.165, 1.54) is 22.0 Å². The minimum atomic E-state index is 0.514. The molecule has 0 aliphatic rings. The van der Waals surface area contributed by atoms with E-state index in [2.05, 4.69) is 38.4 Å². The van der Waals surface area contributed by atoms with Crippen LogP contribution in [0.3, 0.4) is 0 Å². The Balaban J connectivity index is 1.48. The van der Waals surface area contributed by atoms with Crippen LogP contribution in [0.4, 0.5) is 0 Å². The summed E-state index contributed by atoms with van der Waals surface area (Å²) in [6.45, 7) is 0. The third-order valence-electron chi connectivity index (χ3n) is 3.09. The first-order valence-electron chi connectivity index (χ1n) is 6.57. The van der Waals surface area contributed by atoms with Crippen molar-refractivity contribution in [1.82, 2.24) is 20.2 Å². The average Bonchev–Trinajstić information content (AvgIpc) is 3.22. The van der Waals surface area contributed by atoms with Crippen LogP contribution in [-0.2, 0) is 5.75 Å². The predicted molar refractivity (Wildman–Crippen MR) is 86.7 cm³/mol. The van der Waals surface area contributed by atoms with Gasteiger partial charge < -0.3 is 4.42 Å². The highest BCUT2D eigenvalue weighted by Gasteiger charge is 2.09. The van der Waals surface area contributed by atoms with Crippen molar-refractivity contribution in [2.75, 3.05) is 0 Å². The lowest BCUT2D eigenvalue weighted by molar-refractivity contribution is 0.466. The molecule has 108 valence electrons. The van der Waals surface area contributed by atoms with Gasteiger partial charge in [0.25, 0.3) is 5.22 Å². The van der Waals surface area contributed by atoms with Crippen LogP contribution in [0.25, 0.3) is 21.7 Å². The van der Waals surface area contributed by atoms with Gasteiger partial charge in [-0.2, -0.15) is 0 Å². The second-order valence-corrected chi connectivity index (χ2v) is 6.37. The Morgan fingerprint density at radius 3 is 2.91 bits per heavy atom. The Hall–Kier alpha value is -2.25. The van der Waals surface area contributed by atoms with Crippen LogP contribution in [0.15, 0.2) is 57.9 Å². The van der Waals surface area contributed by atoms with Crippen molar-refractivity contribution in [3.63, 3.8) is 0 Å². The first kappa shape index (κ1) is 13.4. The lowest BCUT2D eigenvalue weighted by Gasteiger charge is -1.98. The Morgan fingerprint density at radius 1 is 1.09 bits per heavy atom. The second kappa shape index (κ2) is 5.86. The van der Waals surface area contributed by atoms with Crippen LogP contribution in [0.1, 0.15) is 5.56 Å². The van der Waals surface area contributed by atoms with Gasteiger partial charge in [0.2, 0.25) is 5.89 Å². The number of hydrogen-bond donors (Lipinski definition) is 0. The summed E-state index contributed by atoms with van der Waals surface area (Å²) in [4.78, 5) is 8.30. The standard InChI is InChI=1S/C15H10N4OS2/c1-2-13-12(17-9-22-13)7-10(1)8-21-15-19-18-14(20-15)11-3-5-16-6-4-11/h1-7,9H,8H2. The molecule has 0 amide bonds. The fourth-order valence-corrected chi connectivity index (χ4v) is 3.38. The van der Waals surface area contributed by atoms with E-state index in [1.54, 1.807) is 23.7 Å². The highest BCUT2D eigenvalue weighted by molar-refractivity contribution is 7.98. The molecule has 0 aliphatic carbocycles. The molecule has 7 heteroatoms. The van der Waals surface area contributed by atoms with Gasteiger partial charge in [0.15, 0.2) is 0 Å². The van der Waals surface area contributed by atoms with E-state index in [0.29, 0.717) is 11.1 Å².